The van der Waals surface area contributed by atoms with Gasteiger partial charge in [0.25, 0.3) is 5.91 Å². The number of hydrogen-bond donors (Lipinski definition) is 0. The number of aromatic nitrogens is 1. The minimum Gasteiger partial charge on any atom is -0.466 e. The number of hydrogen-bond acceptors (Lipinski definition) is 4. The molecule has 0 aliphatic heterocycles. The van der Waals surface area contributed by atoms with Crippen molar-refractivity contribution >= 4 is 11.9 Å². The topological polar surface area (TPSA) is 59.5 Å². The Hall–Kier alpha value is -1.91. The Morgan fingerprint density at radius 2 is 2.05 bits per heavy atom. The van der Waals surface area contributed by atoms with E-state index in [1.165, 1.54) is 0 Å². The molecule has 0 bridgehead atoms. The van der Waals surface area contributed by atoms with Gasteiger partial charge in [-0.05, 0) is 31.9 Å². The number of esters is 1. The molecule has 102 valence electrons. The van der Waals surface area contributed by atoms with Gasteiger partial charge in [0, 0.05) is 30.5 Å². The fourth-order valence-corrected chi connectivity index (χ4v) is 1.94. The quantitative estimate of drug-likeness (QED) is 0.731. The largest absolute Gasteiger partial charge is 0.466 e. The lowest BCUT2D eigenvalue weighted by Crippen LogP contribution is -2.35. The van der Waals surface area contributed by atoms with Gasteiger partial charge in [0.15, 0.2) is 0 Å². The molecule has 1 fully saturated rings. The Morgan fingerprint density at radius 3 is 2.63 bits per heavy atom. The summed E-state index contributed by atoms with van der Waals surface area (Å²) in [5.74, 6) is -0.287. The molecule has 1 heterocycles. The van der Waals surface area contributed by atoms with Crippen LogP contribution in [0.4, 0.5) is 0 Å². The van der Waals surface area contributed by atoms with Gasteiger partial charge in [-0.3, -0.25) is 14.6 Å². The first-order valence-corrected chi connectivity index (χ1v) is 6.59. The molecule has 1 amide bonds. The molecule has 0 N–H and O–H groups in total. The maximum Gasteiger partial charge on any atom is 0.307 e. The van der Waals surface area contributed by atoms with Crippen molar-refractivity contribution in [1.82, 2.24) is 9.88 Å². The first-order valence-electron chi connectivity index (χ1n) is 6.59. The molecule has 0 atom stereocenters. The van der Waals surface area contributed by atoms with E-state index in [1.54, 1.807) is 36.4 Å². The average molecular weight is 262 g/mol. The monoisotopic (exact) mass is 262 g/mol. The summed E-state index contributed by atoms with van der Waals surface area (Å²) in [5, 5.41) is 0. The predicted octanol–water partition coefficient (Wildman–Crippen LogP) is 1.64. The third-order valence-corrected chi connectivity index (χ3v) is 3.04. The summed E-state index contributed by atoms with van der Waals surface area (Å²) >= 11 is 0. The van der Waals surface area contributed by atoms with Crippen LogP contribution in [0.5, 0.6) is 0 Å². The molecule has 5 nitrogen and oxygen atoms in total. The maximum absolute atomic E-state index is 12.3. The SMILES string of the molecule is CCOC(=O)CCN(C(=O)c1ccncc1)C1CC1. The molecule has 1 saturated carbocycles. The first-order chi connectivity index (χ1) is 9.22. The van der Waals surface area contributed by atoms with Crippen molar-refractivity contribution in [3.63, 3.8) is 0 Å². The van der Waals surface area contributed by atoms with Crippen LogP contribution in [-0.4, -0.2) is 41.0 Å². The van der Waals surface area contributed by atoms with Crippen molar-refractivity contribution in [3.8, 4) is 0 Å². The fourth-order valence-electron chi connectivity index (χ4n) is 1.94. The highest BCUT2D eigenvalue weighted by Crippen LogP contribution is 2.28. The second-order valence-electron chi connectivity index (χ2n) is 4.52. The van der Waals surface area contributed by atoms with Crippen LogP contribution in [0.25, 0.3) is 0 Å². The van der Waals surface area contributed by atoms with E-state index in [-0.39, 0.29) is 24.3 Å². The summed E-state index contributed by atoms with van der Waals surface area (Å²) < 4.78 is 4.89. The third-order valence-electron chi connectivity index (χ3n) is 3.04. The van der Waals surface area contributed by atoms with Crippen LogP contribution >= 0.6 is 0 Å². The van der Waals surface area contributed by atoms with Crippen molar-refractivity contribution in [3.05, 3.63) is 30.1 Å². The van der Waals surface area contributed by atoms with Gasteiger partial charge in [-0.1, -0.05) is 0 Å². The third kappa shape index (κ3) is 3.77. The molecular weight excluding hydrogens is 244 g/mol. The van der Waals surface area contributed by atoms with Gasteiger partial charge < -0.3 is 9.64 Å². The fraction of sp³-hybridized carbons (Fsp3) is 0.500. The Labute approximate surface area is 112 Å². The minimum atomic E-state index is -0.254. The molecule has 0 saturated heterocycles. The molecule has 0 aromatic carbocycles. The van der Waals surface area contributed by atoms with Crippen molar-refractivity contribution in [1.29, 1.82) is 0 Å². The van der Waals surface area contributed by atoms with Crippen molar-refractivity contribution < 1.29 is 14.3 Å². The van der Waals surface area contributed by atoms with Gasteiger partial charge in [-0.15, -0.1) is 0 Å². The minimum absolute atomic E-state index is 0.0331. The van der Waals surface area contributed by atoms with Crippen LogP contribution < -0.4 is 0 Å². The number of nitrogens with zero attached hydrogens (tertiary/aromatic N) is 2. The van der Waals surface area contributed by atoms with Crippen LogP contribution in [0.3, 0.4) is 0 Å². The summed E-state index contributed by atoms with van der Waals surface area (Å²) in [7, 11) is 0. The second kappa shape index (κ2) is 6.31. The average Bonchev–Trinajstić information content (AvgIpc) is 3.25. The van der Waals surface area contributed by atoms with E-state index in [4.69, 9.17) is 4.74 Å². The number of carbonyl (C=O) groups excluding carboxylic acids is 2. The highest BCUT2D eigenvalue weighted by atomic mass is 16.5. The highest BCUT2D eigenvalue weighted by Gasteiger charge is 2.33. The number of pyridine rings is 1. The normalized spacial score (nSPS) is 13.9. The van der Waals surface area contributed by atoms with Crippen LogP contribution in [-0.2, 0) is 9.53 Å². The number of ether oxygens (including phenoxy) is 1. The number of amides is 1. The van der Waals surface area contributed by atoms with E-state index in [2.05, 4.69) is 4.98 Å². The van der Waals surface area contributed by atoms with Crippen molar-refractivity contribution in [2.75, 3.05) is 13.2 Å². The summed E-state index contributed by atoms with van der Waals surface area (Å²) in [6.45, 7) is 2.57. The lowest BCUT2D eigenvalue weighted by atomic mass is 10.2. The van der Waals surface area contributed by atoms with Gasteiger partial charge in [0.2, 0.25) is 0 Å². The molecule has 0 unspecified atom stereocenters. The standard InChI is InChI=1S/C14H18N2O3/c1-2-19-13(17)7-10-16(12-3-4-12)14(18)11-5-8-15-9-6-11/h5-6,8-9,12H,2-4,7,10H2,1H3. The van der Waals surface area contributed by atoms with E-state index in [9.17, 15) is 9.59 Å². The Balaban J connectivity index is 1.96. The van der Waals surface area contributed by atoms with E-state index in [0.29, 0.717) is 18.7 Å². The molecule has 1 aromatic rings. The molecule has 1 aliphatic rings. The van der Waals surface area contributed by atoms with Crippen LogP contribution in [0.1, 0.15) is 36.5 Å². The van der Waals surface area contributed by atoms with E-state index >= 15 is 0 Å². The number of carbonyl (C=O) groups is 2. The summed E-state index contributed by atoms with van der Waals surface area (Å²) in [6.07, 6.45) is 5.48. The maximum atomic E-state index is 12.3. The zero-order valence-corrected chi connectivity index (χ0v) is 11.0. The lowest BCUT2D eigenvalue weighted by molar-refractivity contribution is -0.143. The Bertz CT molecular complexity index is 443. The molecule has 19 heavy (non-hydrogen) atoms. The van der Waals surface area contributed by atoms with Gasteiger partial charge in [0.1, 0.15) is 0 Å². The van der Waals surface area contributed by atoms with Crippen LogP contribution in [0.2, 0.25) is 0 Å². The van der Waals surface area contributed by atoms with E-state index in [0.717, 1.165) is 12.8 Å². The second-order valence-corrected chi connectivity index (χ2v) is 4.52. The van der Waals surface area contributed by atoms with E-state index in [1.807, 2.05) is 0 Å². The molecule has 5 heteroatoms. The highest BCUT2D eigenvalue weighted by molar-refractivity contribution is 5.94. The molecule has 2 rings (SSSR count). The zero-order valence-electron chi connectivity index (χ0n) is 11.0. The van der Waals surface area contributed by atoms with Crippen molar-refractivity contribution in [2.45, 2.75) is 32.2 Å². The smallest absolute Gasteiger partial charge is 0.307 e. The predicted molar refractivity (Wildman–Crippen MR) is 69.5 cm³/mol. The van der Waals surface area contributed by atoms with Gasteiger partial charge >= 0.3 is 5.97 Å². The van der Waals surface area contributed by atoms with Crippen LogP contribution in [0, 0.1) is 0 Å². The Kier molecular flexibility index (Phi) is 4.49. The molecule has 1 aliphatic carbocycles. The van der Waals surface area contributed by atoms with Gasteiger partial charge in [-0.25, -0.2) is 0 Å². The summed E-state index contributed by atoms with van der Waals surface area (Å²) in [6, 6.07) is 3.67. The summed E-state index contributed by atoms with van der Waals surface area (Å²) in [4.78, 5) is 29.4. The summed E-state index contributed by atoms with van der Waals surface area (Å²) in [5.41, 5.74) is 0.616. The Morgan fingerprint density at radius 1 is 1.37 bits per heavy atom. The molecule has 1 aromatic heterocycles. The van der Waals surface area contributed by atoms with Crippen molar-refractivity contribution in [2.24, 2.45) is 0 Å². The van der Waals surface area contributed by atoms with Gasteiger partial charge in [-0.2, -0.15) is 0 Å². The first kappa shape index (κ1) is 13.5. The van der Waals surface area contributed by atoms with Crippen LogP contribution in [0.15, 0.2) is 24.5 Å². The van der Waals surface area contributed by atoms with E-state index < -0.39 is 0 Å². The lowest BCUT2D eigenvalue weighted by Gasteiger charge is -2.22. The number of rotatable bonds is 6. The molecular formula is C14H18N2O3. The zero-order chi connectivity index (χ0) is 13.7. The molecule has 0 spiro atoms. The molecule has 0 radical (unpaired) electrons. The van der Waals surface area contributed by atoms with Gasteiger partial charge in [0.05, 0.1) is 13.0 Å².